The number of carbonyl (C=O) groups is 3. The highest BCUT2D eigenvalue weighted by molar-refractivity contribution is 6.04. The minimum atomic E-state index is -1.47. The molecule has 13 heteroatoms. The zero-order valence-corrected chi connectivity index (χ0v) is 32.5. The van der Waals surface area contributed by atoms with Crippen LogP contribution in [-0.4, -0.2) is 165 Å². The monoisotopic (exact) mass is 698 g/mol. The molecule has 1 N–H and O–H groups in total. The maximum Gasteiger partial charge on any atom is 0.410 e. The number of methoxy groups -OCH3 is 1. The third-order valence-corrected chi connectivity index (χ3v) is 10.5. The molecule has 0 saturated carbocycles. The number of hydrogen-bond acceptors (Lipinski definition) is 12. The molecule has 3 rings (SSSR count). The van der Waals surface area contributed by atoms with E-state index in [1.165, 1.54) is 0 Å². The van der Waals surface area contributed by atoms with Gasteiger partial charge in [-0.2, -0.15) is 0 Å². The molecule has 3 saturated heterocycles. The lowest BCUT2D eigenvalue weighted by molar-refractivity contribution is -0.295. The summed E-state index contributed by atoms with van der Waals surface area (Å²) in [5, 5.41) is 11.3. The van der Waals surface area contributed by atoms with Crippen LogP contribution in [0.2, 0.25) is 0 Å². The Labute approximate surface area is 294 Å². The van der Waals surface area contributed by atoms with E-state index in [-0.39, 0.29) is 42.6 Å². The Balaban J connectivity index is 1.86. The van der Waals surface area contributed by atoms with Crippen molar-refractivity contribution in [3.63, 3.8) is 0 Å². The van der Waals surface area contributed by atoms with Gasteiger partial charge >= 0.3 is 12.1 Å². The summed E-state index contributed by atoms with van der Waals surface area (Å²) in [6.45, 7) is 20.4. The molecule has 0 aromatic carbocycles. The number of ketones is 1. The first-order valence-electron chi connectivity index (χ1n) is 17.9. The number of hydrogen-bond donors (Lipinski definition) is 1. The molecule has 0 unspecified atom stereocenters. The topological polar surface area (TPSA) is 131 Å². The number of ether oxygens (including phenoxy) is 5. The molecule has 3 aliphatic rings. The van der Waals surface area contributed by atoms with Crippen molar-refractivity contribution in [2.75, 3.05) is 74.1 Å². The van der Waals surface area contributed by atoms with Gasteiger partial charge in [-0.1, -0.05) is 13.8 Å². The lowest BCUT2D eigenvalue weighted by atomic mass is 9.74. The van der Waals surface area contributed by atoms with Crippen molar-refractivity contribution in [1.29, 1.82) is 0 Å². The quantitative estimate of drug-likeness (QED) is 0.324. The van der Waals surface area contributed by atoms with E-state index >= 15 is 0 Å². The zero-order valence-electron chi connectivity index (χ0n) is 32.5. The Kier molecular flexibility index (Phi) is 14.1. The van der Waals surface area contributed by atoms with Gasteiger partial charge in [-0.25, -0.2) is 4.79 Å². The van der Waals surface area contributed by atoms with Crippen molar-refractivity contribution in [2.24, 2.45) is 17.3 Å². The number of esters is 1. The number of carbonyl (C=O) groups excluding carboxylic acids is 3. The Bertz CT molecular complexity index is 1120. The average Bonchev–Trinajstić information content (AvgIpc) is 3.00. The van der Waals surface area contributed by atoms with E-state index in [0.717, 1.165) is 0 Å². The van der Waals surface area contributed by atoms with Crippen molar-refractivity contribution in [1.82, 2.24) is 19.6 Å². The van der Waals surface area contributed by atoms with Crippen molar-refractivity contribution in [3.8, 4) is 0 Å². The van der Waals surface area contributed by atoms with E-state index in [0.29, 0.717) is 52.1 Å². The van der Waals surface area contributed by atoms with Gasteiger partial charge in [0.1, 0.15) is 23.7 Å². The summed E-state index contributed by atoms with van der Waals surface area (Å²) >= 11 is 0. The van der Waals surface area contributed by atoms with E-state index < -0.39 is 47.0 Å². The average molecular weight is 699 g/mol. The van der Waals surface area contributed by atoms with Crippen molar-refractivity contribution in [3.05, 3.63) is 0 Å². The number of rotatable bonds is 6. The standard InChI is InChI=1S/C36H66N4O9/c1-23-19-36(9,45-13)30(48-31-28(41)27(37(10)11)18-24(2)47-31)25(3)29(42)35(7,8)32(43)46-22-26(38(12)20-23)21-39-14-16-40(17-15-39)33(44)49-34(4,5)6/h23-28,30-31,41H,14-22H2,1-13H3/t23-,24-,25+,26+,27+,28-,30-,31+,36-/m1/s1. The molecule has 9 atom stereocenters. The van der Waals surface area contributed by atoms with Gasteiger partial charge in [0, 0.05) is 58.3 Å². The highest BCUT2D eigenvalue weighted by Crippen LogP contribution is 2.38. The van der Waals surface area contributed by atoms with Crippen LogP contribution in [0, 0.1) is 17.3 Å². The van der Waals surface area contributed by atoms with Crippen LogP contribution in [-0.2, 0) is 33.3 Å². The van der Waals surface area contributed by atoms with Crippen LogP contribution >= 0.6 is 0 Å². The second kappa shape index (κ2) is 16.6. The molecule has 3 aliphatic heterocycles. The Morgan fingerprint density at radius 2 is 1.67 bits per heavy atom. The molecule has 0 radical (unpaired) electrons. The second-order valence-corrected chi connectivity index (χ2v) is 16.7. The Morgan fingerprint density at radius 3 is 2.22 bits per heavy atom. The van der Waals surface area contributed by atoms with Crippen LogP contribution in [0.15, 0.2) is 0 Å². The molecule has 0 aromatic rings. The van der Waals surface area contributed by atoms with E-state index in [2.05, 4.69) is 16.7 Å². The Morgan fingerprint density at radius 1 is 1.06 bits per heavy atom. The summed E-state index contributed by atoms with van der Waals surface area (Å²) in [6.07, 6.45) is -2.08. The molecule has 0 aromatic heterocycles. The summed E-state index contributed by atoms with van der Waals surface area (Å²) in [6, 6.07) is -0.348. The van der Waals surface area contributed by atoms with E-state index in [4.69, 9.17) is 23.7 Å². The smallest absolute Gasteiger partial charge is 0.410 e. The molecule has 0 aliphatic carbocycles. The number of amides is 1. The fraction of sp³-hybridized carbons (Fsp3) is 0.917. The summed E-state index contributed by atoms with van der Waals surface area (Å²) in [7, 11) is 7.47. The maximum atomic E-state index is 14.3. The molecule has 0 spiro atoms. The SMILES string of the molecule is CO[C@]1(C)C[C@@H](C)CN(C)[C@@H](CN2CCN(C(=O)OC(C)(C)C)CC2)COC(=O)C(C)(C)C(=O)[C@H](C)[C@H]1O[C@@H]1O[C@H](C)C[C@H](N(C)C)[C@H]1O. The predicted octanol–water partition coefficient (Wildman–Crippen LogP) is 2.87. The molecule has 1 amide bonds. The molecule has 0 bridgehead atoms. The first-order chi connectivity index (χ1) is 22.6. The third kappa shape index (κ3) is 10.6. The van der Waals surface area contributed by atoms with Gasteiger partial charge in [0.2, 0.25) is 0 Å². The largest absolute Gasteiger partial charge is 0.463 e. The molecular weight excluding hydrogens is 632 g/mol. The summed E-state index contributed by atoms with van der Waals surface area (Å²) in [4.78, 5) is 48.8. The lowest BCUT2D eigenvalue weighted by Gasteiger charge is -2.47. The third-order valence-electron chi connectivity index (χ3n) is 10.5. The van der Waals surface area contributed by atoms with Crippen molar-refractivity contribution < 1.29 is 43.2 Å². The number of cyclic esters (lactones) is 1. The lowest BCUT2D eigenvalue weighted by Crippen LogP contribution is -2.59. The fourth-order valence-corrected chi connectivity index (χ4v) is 7.52. The fourth-order valence-electron chi connectivity index (χ4n) is 7.52. The predicted molar refractivity (Wildman–Crippen MR) is 186 cm³/mol. The highest BCUT2D eigenvalue weighted by Gasteiger charge is 2.51. The van der Waals surface area contributed by atoms with Crippen LogP contribution in [0.3, 0.4) is 0 Å². The number of piperazine rings is 1. The van der Waals surface area contributed by atoms with E-state index in [1.807, 2.05) is 60.7 Å². The number of Topliss-reactive ketones (excluding diaryl/α,β-unsaturated/α-hetero) is 1. The van der Waals surface area contributed by atoms with Crippen LogP contribution in [0.25, 0.3) is 0 Å². The molecule has 284 valence electrons. The van der Waals surface area contributed by atoms with Crippen molar-refractivity contribution >= 4 is 17.8 Å². The molecule has 49 heavy (non-hydrogen) atoms. The van der Waals surface area contributed by atoms with Gasteiger partial charge in [0.05, 0.1) is 23.9 Å². The van der Waals surface area contributed by atoms with Gasteiger partial charge in [0.15, 0.2) is 12.1 Å². The van der Waals surface area contributed by atoms with Gasteiger partial charge in [-0.05, 0) is 88.4 Å². The van der Waals surface area contributed by atoms with Crippen LogP contribution in [0.5, 0.6) is 0 Å². The van der Waals surface area contributed by atoms with Crippen LogP contribution in [0.4, 0.5) is 4.79 Å². The zero-order chi connectivity index (χ0) is 37.1. The van der Waals surface area contributed by atoms with Gasteiger partial charge < -0.3 is 38.6 Å². The number of aliphatic hydroxyl groups is 1. The number of nitrogens with zero attached hydrogens (tertiary/aromatic N) is 4. The molecule has 3 fully saturated rings. The minimum Gasteiger partial charge on any atom is -0.463 e. The summed E-state index contributed by atoms with van der Waals surface area (Å²) < 4.78 is 30.5. The normalized spacial score (nSPS) is 36.4. The van der Waals surface area contributed by atoms with Crippen LogP contribution < -0.4 is 0 Å². The summed E-state index contributed by atoms with van der Waals surface area (Å²) in [5.74, 6) is -1.63. The highest BCUT2D eigenvalue weighted by atomic mass is 16.7. The van der Waals surface area contributed by atoms with Gasteiger partial charge in [-0.3, -0.25) is 19.4 Å². The minimum absolute atomic E-state index is 0.0879. The first kappa shape index (κ1) is 41.5. The Hall–Kier alpha value is -1.87. The van der Waals surface area contributed by atoms with E-state index in [1.54, 1.807) is 32.8 Å². The van der Waals surface area contributed by atoms with Gasteiger partial charge in [-0.15, -0.1) is 0 Å². The molecule has 13 nitrogen and oxygen atoms in total. The summed E-state index contributed by atoms with van der Waals surface area (Å²) in [5.41, 5.74) is -2.99. The van der Waals surface area contributed by atoms with Crippen LogP contribution in [0.1, 0.15) is 75.2 Å². The second-order valence-electron chi connectivity index (χ2n) is 16.7. The molecular formula is C36H66N4O9. The van der Waals surface area contributed by atoms with Crippen molar-refractivity contribution in [2.45, 2.75) is 123 Å². The number of likely N-dealkylation sites (N-methyl/N-ethyl adjacent to an activating group) is 2. The van der Waals surface area contributed by atoms with Gasteiger partial charge in [0.25, 0.3) is 0 Å². The number of aliphatic hydroxyl groups excluding tert-OH is 1. The first-order valence-corrected chi connectivity index (χ1v) is 17.9. The maximum absolute atomic E-state index is 14.3. The molecule has 3 heterocycles. The van der Waals surface area contributed by atoms with E-state index in [9.17, 15) is 19.5 Å².